The highest BCUT2D eigenvalue weighted by Crippen LogP contribution is 2.25. The molecule has 1 N–H and O–H groups in total. The molecule has 0 aliphatic carbocycles. The van der Waals surface area contributed by atoms with E-state index in [0.29, 0.717) is 38.8 Å². The Labute approximate surface area is 213 Å². The van der Waals surface area contributed by atoms with Gasteiger partial charge in [-0.3, -0.25) is 0 Å². The lowest BCUT2D eigenvalue weighted by molar-refractivity contribution is 0.600. The number of nitrogens with one attached hydrogen (secondary N) is 1. The summed E-state index contributed by atoms with van der Waals surface area (Å²) in [6.07, 6.45) is 0. The van der Waals surface area contributed by atoms with E-state index in [1.54, 1.807) is 50.2 Å². The zero-order valence-electron chi connectivity index (χ0n) is 19.4. The highest BCUT2D eigenvalue weighted by molar-refractivity contribution is 7.92. The molecule has 5 rings (SSSR count). The van der Waals surface area contributed by atoms with Gasteiger partial charge in [0.25, 0.3) is 10.0 Å². The number of hydrogen-bond acceptors (Lipinski definition) is 6. The van der Waals surface area contributed by atoms with Crippen LogP contribution in [0, 0.1) is 13.8 Å². The van der Waals surface area contributed by atoms with Crippen molar-refractivity contribution >= 4 is 44.2 Å². The van der Waals surface area contributed by atoms with Gasteiger partial charge in [0.2, 0.25) is 5.95 Å². The number of nitrogens with zero attached hydrogens (tertiary/aromatic N) is 3. The number of rotatable bonds is 5. The Bertz CT molecular complexity index is 1730. The molecule has 0 radical (unpaired) electrons. The third-order valence-corrected chi connectivity index (χ3v) is 6.95. The predicted molar refractivity (Wildman–Crippen MR) is 141 cm³/mol. The fourth-order valence-electron chi connectivity index (χ4n) is 3.77. The summed E-state index contributed by atoms with van der Waals surface area (Å²) in [6.45, 7) is 3.56. The molecule has 2 aromatic heterocycles. The molecule has 7 nitrogen and oxygen atoms in total. The van der Waals surface area contributed by atoms with Crippen LogP contribution in [0.25, 0.3) is 22.3 Å². The van der Waals surface area contributed by atoms with E-state index in [4.69, 9.17) is 21.0 Å². The minimum Gasteiger partial charge on any atom is -0.456 e. The van der Waals surface area contributed by atoms with Gasteiger partial charge in [-0.1, -0.05) is 41.9 Å². The Morgan fingerprint density at radius 3 is 2.25 bits per heavy atom. The van der Waals surface area contributed by atoms with Crippen LogP contribution >= 0.6 is 11.6 Å². The molecule has 3 aromatic carbocycles. The number of sulfonamides is 1. The van der Waals surface area contributed by atoms with Gasteiger partial charge in [-0.15, -0.1) is 0 Å². The summed E-state index contributed by atoms with van der Waals surface area (Å²) in [6, 6.07) is 24.9. The van der Waals surface area contributed by atoms with E-state index < -0.39 is 10.0 Å². The Balaban J connectivity index is 1.54. The molecule has 0 unspecified atom stereocenters. The normalized spacial score (nSPS) is 12.1. The Morgan fingerprint density at radius 2 is 1.56 bits per heavy atom. The molecule has 0 spiro atoms. The summed E-state index contributed by atoms with van der Waals surface area (Å²) in [5, 5.41) is 1.95. The van der Waals surface area contributed by atoms with Crippen LogP contribution in [0.5, 0.6) is 0 Å². The first-order valence-electron chi connectivity index (χ1n) is 11.1. The summed E-state index contributed by atoms with van der Waals surface area (Å²) < 4.78 is 34.3. The average molecular weight is 517 g/mol. The zero-order chi connectivity index (χ0) is 25.3. The van der Waals surface area contributed by atoms with Gasteiger partial charge in [-0.05, 0) is 62.4 Å². The van der Waals surface area contributed by atoms with Crippen molar-refractivity contribution in [1.82, 2.24) is 9.97 Å². The Morgan fingerprint density at radius 1 is 0.861 bits per heavy atom. The third-order valence-electron chi connectivity index (χ3n) is 5.37. The second-order valence-corrected chi connectivity index (χ2v) is 10.3. The Kier molecular flexibility index (Phi) is 6.30. The number of aromatic nitrogens is 2. The molecule has 5 aromatic rings. The number of halogens is 1. The first-order chi connectivity index (χ1) is 17.3. The first-order valence-corrected chi connectivity index (χ1v) is 12.9. The minimum atomic E-state index is -3.87. The topological polar surface area (TPSA) is 97.5 Å². The van der Waals surface area contributed by atoms with E-state index in [1.165, 1.54) is 12.1 Å². The van der Waals surface area contributed by atoms with Gasteiger partial charge in [-0.2, -0.15) is 0 Å². The molecule has 0 aliphatic heterocycles. The molecule has 0 saturated heterocycles. The van der Waals surface area contributed by atoms with Crippen LogP contribution in [-0.2, 0) is 10.0 Å². The molecule has 2 heterocycles. The quantitative estimate of drug-likeness (QED) is 0.300. The zero-order valence-corrected chi connectivity index (χ0v) is 21.0. The van der Waals surface area contributed by atoms with Gasteiger partial charge in [0, 0.05) is 33.4 Å². The van der Waals surface area contributed by atoms with Crippen molar-refractivity contribution in [2.24, 2.45) is 4.99 Å². The fraction of sp³-hybridized carbons (Fsp3) is 0.0741. The van der Waals surface area contributed by atoms with E-state index in [-0.39, 0.29) is 10.8 Å². The monoisotopic (exact) mass is 516 g/mol. The number of hydrogen-bond donors (Lipinski definition) is 1. The standard InChI is InChI=1S/C27H21ClN4O3S/c1-17-14-18(2)30-27(29-17)32-36(33,34)22-11-9-21(10-12-22)31-24-16-26(19-6-4-3-5-7-19)35-25-13-8-20(28)15-23(24)25/h3-16H,1-2H3,(H,29,30,32). The maximum Gasteiger partial charge on any atom is 0.264 e. The van der Waals surface area contributed by atoms with Crippen LogP contribution in [0.4, 0.5) is 11.6 Å². The highest BCUT2D eigenvalue weighted by atomic mass is 35.5. The second-order valence-electron chi connectivity index (χ2n) is 8.19. The number of anilines is 1. The van der Waals surface area contributed by atoms with Crippen molar-refractivity contribution in [2.75, 3.05) is 4.72 Å². The molecule has 0 saturated carbocycles. The lowest BCUT2D eigenvalue weighted by Gasteiger charge is -2.08. The van der Waals surface area contributed by atoms with Gasteiger partial charge in [0.05, 0.1) is 15.9 Å². The molecule has 9 heteroatoms. The summed E-state index contributed by atoms with van der Waals surface area (Å²) in [7, 11) is -3.87. The summed E-state index contributed by atoms with van der Waals surface area (Å²) in [4.78, 5) is 13.1. The summed E-state index contributed by atoms with van der Waals surface area (Å²) >= 11 is 6.24. The molecule has 180 valence electrons. The largest absolute Gasteiger partial charge is 0.456 e. The van der Waals surface area contributed by atoms with Crippen molar-refractivity contribution in [2.45, 2.75) is 18.7 Å². The number of benzene rings is 3. The molecule has 0 atom stereocenters. The lowest BCUT2D eigenvalue weighted by atomic mass is 10.1. The van der Waals surface area contributed by atoms with Crippen LogP contribution in [0.3, 0.4) is 0 Å². The van der Waals surface area contributed by atoms with Crippen molar-refractivity contribution in [3.63, 3.8) is 0 Å². The third kappa shape index (κ3) is 5.15. The van der Waals surface area contributed by atoms with Gasteiger partial charge in [0.15, 0.2) is 0 Å². The van der Waals surface area contributed by atoms with Crippen molar-refractivity contribution in [1.29, 1.82) is 0 Å². The van der Waals surface area contributed by atoms with Gasteiger partial charge < -0.3 is 4.42 Å². The van der Waals surface area contributed by atoms with Crippen LogP contribution in [0.1, 0.15) is 11.4 Å². The van der Waals surface area contributed by atoms with E-state index >= 15 is 0 Å². The summed E-state index contributed by atoms with van der Waals surface area (Å²) in [5.74, 6) is 0.687. The van der Waals surface area contributed by atoms with E-state index in [2.05, 4.69) is 14.7 Å². The maximum absolute atomic E-state index is 12.9. The van der Waals surface area contributed by atoms with E-state index in [1.807, 2.05) is 36.4 Å². The van der Waals surface area contributed by atoms with E-state index in [0.717, 1.165) is 10.9 Å². The number of aryl methyl sites for hydroxylation is 2. The molecule has 36 heavy (non-hydrogen) atoms. The minimum absolute atomic E-state index is 0.0334. The predicted octanol–water partition coefficient (Wildman–Crippen LogP) is 6.19. The molecular formula is C27H21ClN4O3S. The SMILES string of the molecule is Cc1cc(C)nc(NS(=O)(=O)c2ccc(N=c3cc(-c4ccccc4)oc4ccc(Cl)cc34)cc2)n1. The lowest BCUT2D eigenvalue weighted by Crippen LogP contribution is -2.15. The molecule has 0 amide bonds. The van der Waals surface area contributed by atoms with Gasteiger partial charge >= 0.3 is 0 Å². The number of fused-ring (bicyclic) bond motifs is 1. The molecule has 0 bridgehead atoms. The average Bonchev–Trinajstić information content (AvgIpc) is 2.84. The van der Waals surface area contributed by atoms with E-state index in [9.17, 15) is 8.42 Å². The maximum atomic E-state index is 12.9. The summed E-state index contributed by atoms with van der Waals surface area (Å²) in [5.41, 5.74) is 3.46. The van der Waals surface area contributed by atoms with Crippen LogP contribution in [-0.4, -0.2) is 18.4 Å². The molecular weight excluding hydrogens is 496 g/mol. The molecule has 0 aliphatic rings. The first kappa shape index (κ1) is 23.7. The highest BCUT2D eigenvalue weighted by Gasteiger charge is 2.16. The van der Waals surface area contributed by atoms with Crippen LogP contribution in [0.15, 0.2) is 99.2 Å². The molecule has 0 fully saturated rings. The van der Waals surface area contributed by atoms with Gasteiger partial charge in [0.1, 0.15) is 11.3 Å². The van der Waals surface area contributed by atoms with Gasteiger partial charge in [-0.25, -0.2) is 28.1 Å². The smallest absolute Gasteiger partial charge is 0.264 e. The van der Waals surface area contributed by atoms with Crippen molar-refractivity contribution < 1.29 is 12.8 Å². The van der Waals surface area contributed by atoms with Crippen molar-refractivity contribution in [3.05, 3.63) is 107 Å². The fourth-order valence-corrected chi connectivity index (χ4v) is 4.88. The second kappa shape index (κ2) is 9.56. The van der Waals surface area contributed by atoms with Crippen LogP contribution < -0.4 is 10.1 Å². The van der Waals surface area contributed by atoms with Crippen molar-refractivity contribution in [3.8, 4) is 11.3 Å². The Hall–Kier alpha value is -4.01. The van der Waals surface area contributed by atoms with Crippen LogP contribution in [0.2, 0.25) is 5.02 Å².